The van der Waals surface area contributed by atoms with E-state index in [1.807, 2.05) is 12.3 Å². The van der Waals surface area contributed by atoms with Gasteiger partial charge in [0.05, 0.1) is 0 Å². The summed E-state index contributed by atoms with van der Waals surface area (Å²) in [6.45, 7) is 0.173. The maximum Gasteiger partial charge on any atom is 0.328 e. The van der Waals surface area contributed by atoms with Gasteiger partial charge in [-0.3, -0.25) is 4.79 Å². The summed E-state index contributed by atoms with van der Waals surface area (Å²) < 4.78 is 23.4. The van der Waals surface area contributed by atoms with Crippen molar-refractivity contribution in [3.05, 3.63) is 66.0 Å². The van der Waals surface area contributed by atoms with Gasteiger partial charge in [0.1, 0.15) is 30.8 Å². The van der Waals surface area contributed by atoms with Crippen LogP contribution in [0, 0.1) is 5.82 Å². The number of hydrogen-bond acceptors (Lipinski definition) is 5. The number of nitrogens with one attached hydrogen (secondary N) is 1. The number of benzene rings is 2. The third-order valence-corrected chi connectivity index (χ3v) is 4.29. The van der Waals surface area contributed by atoms with E-state index in [0.717, 1.165) is 0 Å². The van der Waals surface area contributed by atoms with Crippen LogP contribution in [0.25, 0.3) is 0 Å². The molecule has 1 N–H and O–H groups in total. The smallest absolute Gasteiger partial charge is 0.328 e. The minimum atomic E-state index is -0.726. The predicted octanol–water partition coefficient (Wildman–Crippen LogP) is 3.30. The van der Waals surface area contributed by atoms with E-state index < -0.39 is 12.0 Å². The van der Waals surface area contributed by atoms with E-state index in [1.54, 1.807) is 36.0 Å². The molecular formula is C20H22FNO4S. The molecule has 2 aromatic carbocycles. The SMILES string of the molecule is CSCC[C@@H](NC(=O)c1ccccc1)C(=O)OCCOc1ccc(F)cc1. The molecule has 27 heavy (non-hydrogen) atoms. The first-order chi connectivity index (χ1) is 13.1. The van der Waals surface area contributed by atoms with E-state index in [2.05, 4.69) is 5.32 Å². The van der Waals surface area contributed by atoms with Gasteiger partial charge in [0, 0.05) is 5.56 Å². The lowest BCUT2D eigenvalue weighted by atomic mass is 10.1. The normalized spacial score (nSPS) is 11.5. The maximum atomic E-state index is 12.8. The molecule has 2 aromatic rings. The third kappa shape index (κ3) is 7.30. The van der Waals surface area contributed by atoms with Gasteiger partial charge >= 0.3 is 5.97 Å². The molecule has 0 aliphatic carbocycles. The summed E-state index contributed by atoms with van der Waals surface area (Å²) >= 11 is 1.58. The number of carbonyl (C=O) groups excluding carboxylic acids is 2. The van der Waals surface area contributed by atoms with Gasteiger partial charge in [-0.15, -0.1) is 0 Å². The number of hydrogen-bond donors (Lipinski definition) is 1. The van der Waals surface area contributed by atoms with Gasteiger partial charge in [0.25, 0.3) is 5.91 Å². The zero-order valence-electron chi connectivity index (χ0n) is 15.0. The molecule has 0 aromatic heterocycles. The number of rotatable bonds is 10. The lowest BCUT2D eigenvalue weighted by Crippen LogP contribution is -2.42. The van der Waals surface area contributed by atoms with Crippen LogP contribution in [0.1, 0.15) is 16.8 Å². The molecule has 5 nitrogen and oxygen atoms in total. The fourth-order valence-electron chi connectivity index (χ4n) is 2.25. The highest BCUT2D eigenvalue weighted by atomic mass is 32.2. The highest BCUT2D eigenvalue weighted by Crippen LogP contribution is 2.11. The number of amides is 1. The number of ether oxygens (including phenoxy) is 2. The van der Waals surface area contributed by atoms with Crippen LogP contribution in [0.5, 0.6) is 5.75 Å². The van der Waals surface area contributed by atoms with Crippen LogP contribution in [0.4, 0.5) is 4.39 Å². The van der Waals surface area contributed by atoms with Gasteiger partial charge in [0.2, 0.25) is 0 Å². The van der Waals surface area contributed by atoms with Gasteiger partial charge in [-0.05, 0) is 54.8 Å². The first kappa shape index (κ1) is 20.8. The maximum absolute atomic E-state index is 12.8. The predicted molar refractivity (Wildman–Crippen MR) is 104 cm³/mol. The Balaban J connectivity index is 1.82. The molecule has 2 rings (SSSR count). The fraction of sp³-hybridized carbons (Fsp3) is 0.300. The Morgan fingerprint density at radius 3 is 2.44 bits per heavy atom. The summed E-state index contributed by atoms with van der Waals surface area (Å²) in [5, 5.41) is 2.72. The van der Waals surface area contributed by atoms with Gasteiger partial charge in [0.15, 0.2) is 0 Å². The van der Waals surface area contributed by atoms with Crippen LogP contribution in [0.2, 0.25) is 0 Å². The van der Waals surface area contributed by atoms with Crippen LogP contribution in [-0.4, -0.2) is 43.1 Å². The highest BCUT2D eigenvalue weighted by Gasteiger charge is 2.22. The van der Waals surface area contributed by atoms with Crippen molar-refractivity contribution in [3.8, 4) is 5.75 Å². The largest absolute Gasteiger partial charge is 0.490 e. The second kappa shape index (κ2) is 11.2. The Kier molecular flexibility index (Phi) is 8.64. The van der Waals surface area contributed by atoms with E-state index in [-0.39, 0.29) is 24.9 Å². The molecule has 0 spiro atoms. The summed E-state index contributed by atoms with van der Waals surface area (Å²) in [5.41, 5.74) is 0.485. The van der Waals surface area contributed by atoms with Crippen molar-refractivity contribution < 1.29 is 23.5 Å². The number of halogens is 1. The zero-order valence-corrected chi connectivity index (χ0v) is 15.8. The molecule has 0 aliphatic rings. The van der Waals surface area contributed by atoms with Crippen molar-refractivity contribution in [2.75, 3.05) is 25.2 Å². The van der Waals surface area contributed by atoms with E-state index in [9.17, 15) is 14.0 Å². The first-order valence-corrected chi connectivity index (χ1v) is 9.89. The van der Waals surface area contributed by atoms with Gasteiger partial charge in [-0.2, -0.15) is 11.8 Å². The first-order valence-electron chi connectivity index (χ1n) is 8.50. The summed E-state index contributed by atoms with van der Waals surface area (Å²) in [7, 11) is 0. The number of carbonyl (C=O) groups is 2. The summed E-state index contributed by atoms with van der Waals surface area (Å²) in [5.74, 6) is 0.0292. The summed E-state index contributed by atoms with van der Waals surface area (Å²) in [6, 6.07) is 13.6. The van der Waals surface area contributed by atoms with Crippen LogP contribution < -0.4 is 10.1 Å². The summed E-state index contributed by atoms with van der Waals surface area (Å²) in [6.07, 6.45) is 2.40. The average molecular weight is 391 g/mol. The average Bonchev–Trinajstić information content (AvgIpc) is 2.70. The van der Waals surface area contributed by atoms with E-state index in [4.69, 9.17) is 9.47 Å². The Hall–Kier alpha value is -2.54. The van der Waals surface area contributed by atoms with Gasteiger partial charge in [-0.1, -0.05) is 18.2 Å². The molecule has 0 radical (unpaired) electrons. The topological polar surface area (TPSA) is 64.6 Å². The minimum absolute atomic E-state index is 0.0349. The molecule has 0 fully saturated rings. The molecule has 0 bridgehead atoms. The van der Waals surface area contributed by atoms with E-state index in [1.165, 1.54) is 24.3 Å². The quantitative estimate of drug-likeness (QED) is 0.497. The highest BCUT2D eigenvalue weighted by molar-refractivity contribution is 7.98. The van der Waals surface area contributed by atoms with Crippen molar-refractivity contribution in [1.29, 1.82) is 0 Å². The molecule has 0 heterocycles. The Morgan fingerprint density at radius 1 is 1.07 bits per heavy atom. The fourth-order valence-corrected chi connectivity index (χ4v) is 2.72. The zero-order chi connectivity index (χ0) is 19.5. The molecule has 0 aliphatic heterocycles. The molecular weight excluding hydrogens is 369 g/mol. The summed E-state index contributed by atoms with van der Waals surface area (Å²) in [4.78, 5) is 24.6. The van der Waals surface area contributed by atoms with Crippen LogP contribution in [0.3, 0.4) is 0 Å². The molecule has 1 amide bonds. The number of esters is 1. The van der Waals surface area contributed by atoms with Gasteiger partial charge < -0.3 is 14.8 Å². The van der Waals surface area contributed by atoms with Crippen LogP contribution >= 0.6 is 11.8 Å². The van der Waals surface area contributed by atoms with Crippen molar-refractivity contribution in [2.45, 2.75) is 12.5 Å². The monoisotopic (exact) mass is 391 g/mol. The molecule has 7 heteroatoms. The molecule has 1 atom stereocenters. The molecule has 0 saturated heterocycles. The van der Waals surface area contributed by atoms with Crippen molar-refractivity contribution in [2.24, 2.45) is 0 Å². The van der Waals surface area contributed by atoms with E-state index >= 15 is 0 Å². The Bertz CT molecular complexity index is 725. The van der Waals surface area contributed by atoms with Crippen molar-refractivity contribution >= 4 is 23.6 Å². The molecule has 144 valence electrons. The van der Waals surface area contributed by atoms with Crippen LogP contribution in [-0.2, 0) is 9.53 Å². The molecule has 0 saturated carbocycles. The van der Waals surface area contributed by atoms with Gasteiger partial charge in [-0.25, -0.2) is 9.18 Å². The lowest BCUT2D eigenvalue weighted by Gasteiger charge is -2.17. The van der Waals surface area contributed by atoms with E-state index in [0.29, 0.717) is 23.5 Å². The number of thioether (sulfide) groups is 1. The molecule has 0 unspecified atom stereocenters. The third-order valence-electron chi connectivity index (χ3n) is 3.65. The van der Waals surface area contributed by atoms with Crippen molar-refractivity contribution in [1.82, 2.24) is 5.32 Å². The second-order valence-electron chi connectivity index (χ2n) is 5.64. The van der Waals surface area contributed by atoms with Crippen LogP contribution in [0.15, 0.2) is 54.6 Å². The standard InChI is InChI=1S/C20H22FNO4S/c1-27-14-11-18(22-19(23)15-5-3-2-4-6-15)20(24)26-13-12-25-17-9-7-16(21)8-10-17/h2-10,18H,11-14H2,1H3,(H,22,23)/t18-/m1/s1. The minimum Gasteiger partial charge on any atom is -0.490 e. The van der Waals surface area contributed by atoms with Crippen molar-refractivity contribution in [3.63, 3.8) is 0 Å². The lowest BCUT2D eigenvalue weighted by molar-refractivity contribution is -0.146. The Labute approximate surface area is 162 Å². The second-order valence-corrected chi connectivity index (χ2v) is 6.63. The Morgan fingerprint density at radius 2 is 1.78 bits per heavy atom.